The molecule has 132 valence electrons. The predicted octanol–water partition coefficient (Wildman–Crippen LogP) is 2.38. The highest BCUT2D eigenvalue weighted by Gasteiger charge is 2.35. The fourth-order valence-corrected chi connectivity index (χ4v) is 3.97. The summed E-state index contributed by atoms with van der Waals surface area (Å²) in [6, 6.07) is 6.69. The van der Waals surface area contributed by atoms with Gasteiger partial charge in [-0.05, 0) is 62.8 Å². The van der Waals surface area contributed by atoms with E-state index < -0.39 is 0 Å². The summed E-state index contributed by atoms with van der Waals surface area (Å²) < 4.78 is 13.1. The summed E-state index contributed by atoms with van der Waals surface area (Å²) in [4.78, 5) is 17.3. The molecule has 2 N–H and O–H groups in total. The van der Waals surface area contributed by atoms with Gasteiger partial charge in [0.1, 0.15) is 5.82 Å². The molecule has 2 saturated heterocycles. The largest absolute Gasteiger partial charge is 0.341 e. The van der Waals surface area contributed by atoms with Crippen LogP contribution in [0.2, 0.25) is 0 Å². The molecule has 0 saturated carbocycles. The Morgan fingerprint density at radius 3 is 2.67 bits per heavy atom. The second kappa shape index (κ2) is 7.62. The maximum atomic E-state index is 13.1. The number of likely N-dealkylation sites (tertiary alicyclic amines) is 2. The lowest BCUT2D eigenvalue weighted by atomic mass is 9.91. The molecule has 2 fully saturated rings. The molecule has 24 heavy (non-hydrogen) atoms. The van der Waals surface area contributed by atoms with Crippen LogP contribution in [0.15, 0.2) is 24.3 Å². The fourth-order valence-electron chi connectivity index (χ4n) is 3.97. The highest BCUT2D eigenvalue weighted by atomic mass is 19.1. The average molecular weight is 333 g/mol. The Kier molecular flexibility index (Phi) is 5.51. The van der Waals surface area contributed by atoms with Gasteiger partial charge >= 0.3 is 0 Å². The number of hydrogen-bond acceptors (Lipinski definition) is 3. The maximum absolute atomic E-state index is 13.1. The van der Waals surface area contributed by atoms with Gasteiger partial charge in [0, 0.05) is 25.7 Å². The molecule has 0 radical (unpaired) electrons. The molecular formula is C19H28FN3O. The molecule has 4 nitrogen and oxygen atoms in total. The smallest absolute Gasteiger partial charge is 0.239 e. The number of carbonyl (C=O) groups excluding carboxylic acids is 1. The zero-order valence-electron chi connectivity index (χ0n) is 14.5. The van der Waals surface area contributed by atoms with Crippen LogP contribution in [-0.2, 0) is 11.3 Å². The molecule has 0 spiro atoms. The standard InChI is InChI=1S/C19H28FN3O/c1-14(21)16-4-2-11-23(13-16)19(24)18-5-3-10-22(18)12-15-6-8-17(20)9-7-15/h6-9,14,16,18H,2-5,10-13,21H2,1H3/t14-,16+,18+/m0/s1. The number of benzene rings is 1. The molecular weight excluding hydrogens is 305 g/mol. The third-order valence-electron chi connectivity index (χ3n) is 5.46. The minimum atomic E-state index is -0.219. The summed E-state index contributed by atoms with van der Waals surface area (Å²) >= 11 is 0. The van der Waals surface area contributed by atoms with Gasteiger partial charge in [-0.15, -0.1) is 0 Å². The normalized spacial score (nSPS) is 26.5. The summed E-state index contributed by atoms with van der Waals surface area (Å²) in [5, 5.41) is 0. The number of nitrogens with zero attached hydrogens (tertiary/aromatic N) is 2. The van der Waals surface area contributed by atoms with E-state index in [0.717, 1.165) is 50.9 Å². The van der Waals surface area contributed by atoms with Crippen LogP contribution in [0.3, 0.4) is 0 Å². The van der Waals surface area contributed by atoms with Gasteiger partial charge < -0.3 is 10.6 Å². The van der Waals surface area contributed by atoms with Crippen LogP contribution in [-0.4, -0.2) is 47.4 Å². The first-order valence-corrected chi connectivity index (χ1v) is 9.07. The second-order valence-corrected chi connectivity index (χ2v) is 7.30. The van der Waals surface area contributed by atoms with Crippen LogP contribution >= 0.6 is 0 Å². The van der Waals surface area contributed by atoms with Crippen molar-refractivity contribution in [2.24, 2.45) is 11.7 Å². The summed E-state index contributed by atoms with van der Waals surface area (Å²) in [5.74, 6) is 0.442. The van der Waals surface area contributed by atoms with E-state index in [1.54, 1.807) is 0 Å². The van der Waals surface area contributed by atoms with E-state index in [0.29, 0.717) is 12.5 Å². The Morgan fingerprint density at radius 2 is 1.96 bits per heavy atom. The highest BCUT2D eigenvalue weighted by Crippen LogP contribution is 2.25. The van der Waals surface area contributed by atoms with Gasteiger partial charge in [-0.25, -0.2) is 4.39 Å². The number of amides is 1. The van der Waals surface area contributed by atoms with Gasteiger partial charge in [0.15, 0.2) is 0 Å². The number of hydrogen-bond donors (Lipinski definition) is 1. The topological polar surface area (TPSA) is 49.6 Å². The van der Waals surface area contributed by atoms with Gasteiger partial charge in [0.25, 0.3) is 0 Å². The molecule has 2 aliphatic heterocycles. The van der Waals surface area contributed by atoms with Crippen molar-refractivity contribution < 1.29 is 9.18 Å². The second-order valence-electron chi connectivity index (χ2n) is 7.30. The first-order valence-electron chi connectivity index (χ1n) is 9.07. The number of halogens is 1. The molecule has 0 unspecified atom stereocenters. The molecule has 3 rings (SSSR count). The number of carbonyl (C=O) groups is 1. The van der Waals surface area contributed by atoms with Crippen LogP contribution in [0.1, 0.15) is 38.2 Å². The van der Waals surface area contributed by atoms with E-state index in [4.69, 9.17) is 5.73 Å². The van der Waals surface area contributed by atoms with Crippen molar-refractivity contribution in [3.8, 4) is 0 Å². The lowest BCUT2D eigenvalue weighted by molar-refractivity contribution is -0.138. The molecule has 0 aromatic heterocycles. The Bertz CT molecular complexity index is 560. The van der Waals surface area contributed by atoms with E-state index in [1.165, 1.54) is 12.1 Å². The Labute approximate surface area is 143 Å². The van der Waals surface area contributed by atoms with E-state index in [9.17, 15) is 9.18 Å². The van der Waals surface area contributed by atoms with E-state index in [2.05, 4.69) is 4.90 Å². The molecule has 1 amide bonds. The molecule has 2 heterocycles. The lowest BCUT2D eigenvalue weighted by Crippen LogP contribution is -2.51. The van der Waals surface area contributed by atoms with Crippen molar-refractivity contribution in [1.82, 2.24) is 9.80 Å². The molecule has 0 bridgehead atoms. The van der Waals surface area contributed by atoms with Crippen LogP contribution in [0, 0.1) is 11.7 Å². The van der Waals surface area contributed by atoms with Crippen molar-refractivity contribution in [3.63, 3.8) is 0 Å². The molecule has 2 aliphatic rings. The fraction of sp³-hybridized carbons (Fsp3) is 0.632. The maximum Gasteiger partial charge on any atom is 0.239 e. The van der Waals surface area contributed by atoms with Crippen molar-refractivity contribution in [3.05, 3.63) is 35.6 Å². The zero-order chi connectivity index (χ0) is 17.1. The quantitative estimate of drug-likeness (QED) is 0.920. The lowest BCUT2D eigenvalue weighted by Gasteiger charge is -2.37. The van der Waals surface area contributed by atoms with Crippen molar-refractivity contribution in [1.29, 1.82) is 0 Å². The Hall–Kier alpha value is -1.46. The van der Waals surface area contributed by atoms with Crippen LogP contribution in [0.25, 0.3) is 0 Å². The van der Waals surface area contributed by atoms with Gasteiger partial charge in [-0.3, -0.25) is 9.69 Å². The first kappa shape index (κ1) is 17.4. The van der Waals surface area contributed by atoms with Gasteiger partial charge in [0.2, 0.25) is 5.91 Å². The zero-order valence-corrected chi connectivity index (χ0v) is 14.5. The van der Waals surface area contributed by atoms with Gasteiger partial charge in [-0.2, -0.15) is 0 Å². The first-order chi connectivity index (χ1) is 11.5. The van der Waals surface area contributed by atoms with Gasteiger partial charge in [-0.1, -0.05) is 12.1 Å². The minimum absolute atomic E-state index is 0.0399. The summed E-state index contributed by atoms with van der Waals surface area (Å²) in [6.45, 7) is 5.31. The minimum Gasteiger partial charge on any atom is -0.341 e. The number of nitrogens with two attached hydrogens (primary N) is 1. The summed E-state index contributed by atoms with van der Waals surface area (Å²) in [7, 11) is 0. The summed E-state index contributed by atoms with van der Waals surface area (Å²) in [5.41, 5.74) is 7.10. The van der Waals surface area contributed by atoms with E-state index in [-0.39, 0.29) is 23.8 Å². The monoisotopic (exact) mass is 333 g/mol. The van der Waals surface area contributed by atoms with E-state index in [1.807, 2.05) is 24.0 Å². The van der Waals surface area contributed by atoms with Crippen LogP contribution < -0.4 is 5.73 Å². The average Bonchev–Trinajstić information content (AvgIpc) is 3.04. The molecule has 1 aromatic rings. The van der Waals surface area contributed by atoms with Crippen molar-refractivity contribution >= 4 is 5.91 Å². The summed E-state index contributed by atoms with van der Waals surface area (Å²) in [6.07, 6.45) is 4.12. The molecule has 0 aliphatic carbocycles. The van der Waals surface area contributed by atoms with E-state index >= 15 is 0 Å². The SMILES string of the molecule is C[C@H](N)[C@@H]1CCCN(C(=O)[C@H]2CCCN2Cc2ccc(F)cc2)C1. The molecule has 3 atom stereocenters. The van der Waals surface area contributed by atoms with Crippen molar-refractivity contribution in [2.75, 3.05) is 19.6 Å². The highest BCUT2D eigenvalue weighted by molar-refractivity contribution is 5.82. The van der Waals surface area contributed by atoms with Crippen molar-refractivity contribution in [2.45, 2.75) is 51.2 Å². The molecule has 5 heteroatoms. The van der Waals surface area contributed by atoms with Crippen LogP contribution in [0.4, 0.5) is 4.39 Å². The third kappa shape index (κ3) is 3.95. The predicted molar refractivity (Wildman–Crippen MR) is 92.8 cm³/mol. The Balaban J connectivity index is 1.63. The number of piperidine rings is 1. The Morgan fingerprint density at radius 1 is 1.25 bits per heavy atom. The third-order valence-corrected chi connectivity index (χ3v) is 5.46. The van der Waals surface area contributed by atoms with Gasteiger partial charge in [0.05, 0.1) is 6.04 Å². The van der Waals surface area contributed by atoms with Crippen LogP contribution in [0.5, 0.6) is 0 Å². The number of rotatable bonds is 4. The molecule has 1 aromatic carbocycles.